The van der Waals surface area contributed by atoms with Crippen LogP contribution < -0.4 is 10.1 Å². The van der Waals surface area contributed by atoms with E-state index < -0.39 is 21.9 Å². The van der Waals surface area contributed by atoms with Crippen molar-refractivity contribution in [2.24, 2.45) is 4.99 Å². The van der Waals surface area contributed by atoms with Crippen LogP contribution >= 0.6 is 11.3 Å². The number of nitrogens with one attached hydrogen (secondary N) is 1. The molecule has 2 amide bonds. The average molecular weight is 575 g/mol. The molecule has 0 saturated heterocycles. The predicted octanol–water partition coefficient (Wildman–Crippen LogP) is 4.17. The van der Waals surface area contributed by atoms with Gasteiger partial charge in [-0.1, -0.05) is 38.0 Å². The molecule has 2 aromatic carbocycles. The van der Waals surface area contributed by atoms with E-state index in [0.717, 1.165) is 25.7 Å². The average Bonchev–Trinajstić information content (AvgIpc) is 3.23. The van der Waals surface area contributed by atoms with Crippen LogP contribution in [0.25, 0.3) is 10.2 Å². The molecule has 3 aromatic rings. The van der Waals surface area contributed by atoms with E-state index in [0.29, 0.717) is 29.0 Å². The number of anilines is 1. The van der Waals surface area contributed by atoms with Gasteiger partial charge in [-0.3, -0.25) is 14.4 Å². The van der Waals surface area contributed by atoms with E-state index >= 15 is 0 Å². The van der Waals surface area contributed by atoms with Gasteiger partial charge in [0.1, 0.15) is 6.54 Å². The number of carbonyl (C=O) groups excluding carboxylic acids is 3. The molecule has 0 aliphatic rings. The number of sulfonamides is 1. The van der Waals surface area contributed by atoms with E-state index in [1.165, 1.54) is 53.9 Å². The molecule has 0 atom stereocenters. The highest BCUT2D eigenvalue weighted by atomic mass is 32.2. The van der Waals surface area contributed by atoms with E-state index in [-0.39, 0.29) is 27.7 Å². The van der Waals surface area contributed by atoms with Gasteiger partial charge in [0.05, 0.1) is 22.2 Å². The monoisotopic (exact) mass is 574 g/mol. The third-order valence-electron chi connectivity index (χ3n) is 5.98. The second kappa shape index (κ2) is 13.6. The minimum absolute atomic E-state index is 0.124. The van der Waals surface area contributed by atoms with Crippen LogP contribution in [0.15, 0.2) is 52.4 Å². The lowest BCUT2D eigenvalue weighted by molar-refractivity contribution is -0.141. The molecule has 39 heavy (non-hydrogen) atoms. The Morgan fingerprint density at radius 2 is 1.67 bits per heavy atom. The maximum atomic E-state index is 13.2. The van der Waals surface area contributed by atoms with Crippen LogP contribution in [0.2, 0.25) is 0 Å². The van der Waals surface area contributed by atoms with Gasteiger partial charge in [0, 0.05) is 31.3 Å². The minimum Gasteiger partial charge on any atom is -0.468 e. The molecule has 0 bridgehead atoms. The summed E-state index contributed by atoms with van der Waals surface area (Å²) in [5.41, 5.74) is 1.43. The van der Waals surface area contributed by atoms with E-state index in [9.17, 15) is 22.8 Å². The smallest absolute Gasteiger partial charge is 0.325 e. The van der Waals surface area contributed by atoms with Crippen molar-refractivity contribution in [3.8, 4) is 0 Å². The van der Waals surface area contributed by atoms with E-state index in [1.54, 1.807) is 22.8 Å². The van der Waals surface area contributed by atoms with Crippen molar-refractivity contribution in [1.29, 1.82) is 0 Å². The summed E-state index contributed by atoms with van der Waals surface area (Å²) < 4.78 is 35.0. The van der Waals surface area contributed by atoms with E-state index in [4.69, 9.17) is 4.74 Å². The Bertz CT molecular complexity index is 1500. The van der Waals surface area contributed by atoms with Gasteiger partial charge in [0.25, 0.3) is 5.91 Å². The number of hydrogen-bond donors (Lipinski definition) is 1. The summed E-state index contributed by atoms with van der Waals surface area (Å²) in [6, 6.07) is 10.9. The first kappa shape index (κ1) is 30.2. The zero-order valence-corrected chi connectivity index (χ0v) is 24.2. The summed E-state index contributed by atoms with van der Waals surface area (Å²) in [4.78, 5) is 41.2. The molecule has 0 radical (unpaired) electrons. The number of ether oxygens (including phenoxy) is 1. The molecular formula is C27H34N4O6S2. The number of aromatic nitrogens is 1. The Morgan fingerprint density at radius 1 is 1.03 bits per heavy atom. The van der Waals surface area contributed by atoms with Gasteiger partial charge in [-0.05, 0) is 55.3 Å². The van der Waals surface area contributed by atoms with Crippen LogP contribution in [0, 0.1) is 0 Å². The number of amides is 2. The molecule has 1 aromatic heterocycles. The minimum atomic E-state index is -3.69. The van der Waals surface area contributed by atoms with Crippen molar-refractivity contribution in [3.05, 3.63) is 52.8 Å². The van der Waals surface area contributed by atoms with Gasteiger partial charge in [-0.2, -0.15) is 9.30 Å². The van der Waals surface area contributed by atoms with Crippen LogP contribution in [0.5, 0.6) is 0 Å². The normalized spacial score (nSPS) is 12.2. The topological polar surface area (TPSA) is 127 Å². The first-order chi connectivity index (χ1) is 18.6. The predicted molar refractivity (Wildman–Crippen MR) is 151 cm³/mol. The van der Waals surface area contributed by atoms with Crippen LogP contribution in [0.4, 0.5) is 5.69 Å². The van der Waals surface area contributed by atoms with Gasteiger partial charge >= 0.3 is 5.97 Å². The van der Waals surface area contributed by atoms with Crippen molar-refractivity contribution < 1.29 is 27.5 Å². The fraction of sp³-hybridized carbons (Fsp3) is 0.407. The molecule has 1 N–H and O–H groups in total. The molecule has 0 fully saturated rings. The highest BCUT2D eigenvalue weighted by molar-refractivity contribution is 7.89. The molecule has 10 nitrogen and oxygen atoms in total. The lowest BCUT2D eigenvalue weighted by atomic mass is 10.2. The molecule has 1 heterocycles. The van der Waals surface area contributed by atoms with Gasteiger partial charge in [0.15, 0.2) is 4.80 Å². The Balaban J connectivity index is 1.96. The van der Waals surface area contributed by atoms with Crippen LogP contribution in [-0.4, -0.2) is 55.3 Å². The number of nitrogens with zero attached hydrogens (tertiary/aromatic N) is 3. The summed E-state index contributed by atoms with van der Waals surface area (Å²) in [6.07, 6.45) is 3.31. The second-order valence-corrected chi connectivity index (χ2v) is 11.9. The molecule has 0 unspecified atom stereocenters. The molecule has 3 rings (SSSR count). The van der Waals surface area contributed by atoms with Crippen LogP contribution in [-0.2, 0) is 30.9 Å². The Morgan fingerprint density at radius 3 is 2.23 bits per heavy atom. The largest absolute Gasteiger partial charge is 0.468 e. The number of rotatable bonds is 12. The van der Waals surface area contributed by atoms with Gasteiger partial charge < -0.3 is 14.6 Å². The highest BCUT2D eigenvalue weighted by Crippen LogP contribution is 2.23. The third kappa shape index (κ3) is 7.61. The van der Waals surface area contributed by atoms with Crippen molar-refractivity contribution >= 4 is 55.0 Å². The number of benzene rings is 2. The quantitative estimate of drug-likeness (QED) is 0.324. The number of carbonyl (C=O) groups is 3. The van der Waals surface area contributed by atoms with Gasteiger partial charge in [-0.25, -0.2) is 8.42 Å². The first-order valence-electron chi connectivity index (χ1n) is 12.8. The maximum absolute atomic E-state index is 13.2. The van der Waals surface area contributed by atoms with E-state index in [2.05, 4.69) is 10.3 Å². The first-order valence-corrected chi connectivity index (χ1v) is 15.0. The number of methoxy groups -OCH3 is 1. The number of thiazole rings is 1. The Kier molecular flexibility index (Phi) is 10.6. The number of esters is 1. The summed E-state index contributed by atoms with van der Waals surface area (Å²) in [5, 5.41) is 2.71. The number of unbranched alkanes of at least 4 members (excludes halogenated alkanes) is 2. The van der Waals surface area contributed by atoms with Crippen molar-refractivity contribution in [2.45, 2.75) is 57.9 Å². The summed E-state index contributed by atoms with van der Waals surface area (Å²) in [7, 11) is -2.42. The number of hydrogen-bond acceptors (Lipinski definition) is 7. The molecule has 12 heteroatoms. The highest BCUT2D eigenvalue weighted by Gasteiger charge is 2.24. The Labute approximate surface area is 232 Å². The van der Waals surface area contributed by atoms with Gasteiger partial charge in [0.2, 0.25) is 15.9 Å². The third-order valence-corrected chi connectivity index (χ3v) is 8.93. The zero-order valence-electron chi connectivity index (χ0n) is 22.6. The SMILES string of the molecule is CCCCN(CCCC)S(=O)(=O)c1ccc(C(=O)N=c2sc3cc(NC(C)=O)ccc3n2CC(=O)OC)cc1. The van der Waals surface area contributed by atoms with Crippen molar-refractivity contribution in [3.63, 3.8) is 0 Å². The zero-order chi connectivity index (χ0) is 28.6. The van der Waals surface area contributed by atoms with Crippen LogP contribution in [0.1, 0.15) is 56.8 Å². The lowest BCUT2D eigenvalue weighted by Crippen LogP contribution is -2.33. The maximum Gasteiger partial charge on any atom is 0.325 e. The molecule has 0 saturated carbocycles. The lowest BCUT2D eigenvalue weighted by Gasteiger charge is -2.22. The molecule has 210 valence electrons. The standard InChI is InChI=1S/C27H34N4O6S2/c1-5-7-15-30(16-8-6-2)39(35,36)22-12-9-20(10-13-22)26(34)29-27-31(18-25(33)37-4)23-14-11-21(28-19(3)32)17-24(23)38-27/h9-14,17H,5-8,15-16,18H2,1-4H3,(H,28,32). The van der Waals surface area contributed by atoms with Gasteiger partial charge in [-0.15, -0.1) is 0 Å². The molecule has 0 spiro atoms. The summed E-state index contributed by atoms with van der Waals surface area (Å²) >= 11 is 1.18. The molecule has 0 aliphatic heterocycles. The fourth-order valence-corrected chi connectivity index (χ4v) is 6.46. The fourth-order valence-electron chi connectivity index (χ4n) is 3.88. The molecular weight excluding hydrogens is 540 g/mol. The second-order valence-electron chi connectivity index (χ2n) is 8.96. The summed E-state index contributed by atoms with van der Waals surface area (Å²) in [5.74, 6) is -1.32. The van der Waals surface area contributed by atoms with Crippen LogP contribution in [0.3, 0.4) is 0 Å². The summed E-state index contributed by atoms with van der Waals surface area (Å²) in [6.45, 7) is 6.17. The van der Waals surface area contributed by atoms with E-state index in [1.807, 2.05) is 13.8 Å². The number of fused-ring (bicyclic) bond motifs is 1. The molecule has 0 aliphatic carbocycles. The van der Waals surface area contributed by atoms with Crippen molar-refractivity contribution in [2.75, 3.05) is 25.5 Å². The Hall–Kier alpha value is -3.35. The van der Waals surface area contributed by atoms with Crippen molar-refractivity contribution in [1.82, 2.24) is 8.87 Å².